The quantitative estimate of drug-likeness (QED) is 0.108. The number of benzene rings is 3. The number of hydrogen-bond acceptors (Lipinski definition) is 10. The smallest absolute Gasteiger partial charge is 0.179 e. The molecule has 2 N–H and O–H groups in total. The Labute approximate surface area is 341 Å². The minimum atomic E-state index is -3.69. The number of aliphatic hydroxyl groups is 2. The van der Waals surface area contributed by atoms with Crippen LogP contribution in [0.15, 0.2) is 76.5 Å². The first kappa shape index (κ1) is 45.1. The van der Waals surface area contributed by atoms with E-state index in [9.17, 15) is 27.0 Å². The molecule has 10 nitrogen and oxygen atoms in total. The summed E-state index contributed by atoms with van der Waals surface area (Å²) in [5, 5.41) is 23.5. The van der Waals surface area contributed by atoms with Gasteiger partial charge in [0.25, 0.3) is 0 Å². The van der Waals surface area contributed by atoms with Crippen molar-refractivity contribution in [1.82, 2.24) is 0 Å². The Hall–Kier alpha value is -3.00. The second-order valence-electron chi connectivity index (χ2n) is 16.0. The van der Waals surface area contributed by atoms with E-state index in [2.05, 4.69) is 13.8 Å². The van der Waals surface area contributed by atoms with Crippen LogP contribution < -0.4 is 9.47 Å². The van der Waals surface area contributed by atoms with Gasteiger partial charge in [-0.15, -0.1) is 0 Å². The number of unbranched alkanes of at least 4 members (excludes halogenated alkanes) is 2. The first-order valence-electron chi connectivity index (χ1n) is 20.8. The number of aliphatic hydroxyl groups excluding tert-OH is 2. The average molecular weight is 829 g/mol. The van der Waals surface area contributed by atoms with E-state index >= 15 is 0 Å². The van der Waals surface area contributed by atoms with Gasteiger partial charge in [0.1, 0.15) is 24.7 Å². The summed E-state index contributed by atoms with van der Waals surface area (Å²) >= 11 is 0. The fourth-order valence-corrected chi connectivity index (χ4v) is 13.5. The Bertz CT molecular complexity index is 1970. The summed E-state index contributed by atoms with van der Waals surface area (Å²) in [5.41, 5.74) is 0.553. The average Bonchev–Trinajstić information content (AvgIpc) is 3.32. The third-order valence-corrected chi connectivity index (χ3v) is 16.4. The zero-order valence-corrected chi connectivity index (χ0v) is 36.1. The minimum absolute atomic E-state index is 0.0587. The second kappa shape index (κ2) is 19.8. The highest BCUT2D eigenvalue weighted by Gasteiger charge is 2.49. The van der Waals surface area contributed by atoms with Gasteiger partial charge in [-0.1, -0.05) is 90.6 Å². The van der Waals surface area contributed by atoms with Crippen molar-refractivity contribution in [1.29, 1.82) is 0 Å². The molecule has 0 unspecified atom stereocenters. The minimum Gasteiger partial charge on any atom is -0.491 e. The third-order valence-electron chi connectivity index (χ3n) is 12.4. The molecule has 2 aliphatic rings. The molecule has 3 aromatic carbocycles. The lowest BCUT2D eigenvalue weighted by Crippen LogP contribution is -2.42. The molecule has 0 radical (unpaired) electrons. The Morgan fingerprint density at radius 1 is 0.614 bits per heavy atom. The Balaban J connectivity index is 1.11. The van der Waals surface area contributed by atoms with E-state index in [1.165, 1.54) is 0 Å². The summed E-state index contributed by atoms with van der Waals surface area (Å²) in [6, 6.07) is 19.7. The molecule has 0 amide bonds. The Morgan fingerprint density at radius 3 is 1.56 bits per heavy atom. The highest BCUT2D eigenvalue weighted by Crippen LogP contribution is 2.50. The van der Waals surface area contributed by atoms with E-state index in [4.69, 9.17) is 18.9 Å². The maximum absolute atomic E-state index is 13.9. The highest BCUT2D eigenvalue weighted by atomic mass is 32.2. The number of sulfone groups is 2. The number of ether oxygens (including phenoxy) is 4. The van der Waals surface area contributed by atoms with Crippen LogP contribution >= 0.6 is 0 Å². The molecule has 0 bridgehead atoms. The van der Waals surface area contributed by atoms with Crippen molar-refractivity contribution in [3.05, 3.63) is 83.4 Å². The van der Waals surface area contributed by atoms with Gasteiger partial charge in [0.05, 0.1) is 59.9 Å². The number of rotatable bonds is 20. The van der Waals surface area contributed by atoms with E-state index in [-0.39, 0.29) is 47.0 Å². The molecule has 5 rings (SSSR count). The van der Waals surface area contributed by atoms with Crippen LogP contribution in [0.5, 0.6) is 11.5 Å². The first-order valence-corrected chi connectivity index (χ1v) is 24.1. The highest BCUT2D eigenvalue weighted by molar-refractivity contribution is 7.91. The lowest BCUT2D eigenvalue weighted by atomic mass is 9.69. The maximum Gasteiger partial charge on any atom is 0.179 e. The van der Waals surface area contributed by atoms with Crippen LogP contribution in [0.2, 0.25) is 0 Å². The lowest BCUT2D eigenvalue weighted by molar-refractivity contribution is 0.0125. The third kappa shape index (κ3) is 10.2. The van der Waals surface area contributed by atoms with Gasteiger partial charge in [0, 0.05) is 22.7 Å². The summed E-state index contributed by atoms with van der Waals surface area (Å²) in [5.74, 6) is -0.0160. The van der Waals surface area contributed by atoms with Crippen molar-refractivity contribution in [3.63, 3.8) is 0 Å². The second-order valence-corrected chi connectivity index (χ2v) is 20.0. The molecule has 12 heteroatoms. The van der Waals surface area contributed by atoms with Gasteiger partial charge in [0.2, 0.25) is 0 Å². The van der Waals surface area contributed by atoms with Gasteiger partial charge in [-0.3, -0.25) is 0 Å². The maximum atomic E-state index is 13.9. The standard InChI is InChI=1S/C45H64O10S2/c1-6-10-21-44(8-3)31-56(48,49)39-19-17-35(29-37(39)33(5)42(44)46)54-27-25-52-23-24-53-26-28-55-36-18-20-40-38(30-36)41(34-15-13-12-14-16-34)43(47)45(9-4,22-11-7-2)32-57(40,50)51/h12-20,29-30,33,41-43,46-47H,6-11,21-28,31-32H2,1-5H3/t33-,41+,42-,43+,44+,45-/m0/s1. The fourth-order valence-electron chi connectivity index (χ4n) is 8.96. The van der Waals surface area contributed by atoms with Gasteiger partial charge in [-0.25, -0.2) is 16.8 Å². The molecule has 57 heavy (non-hydrogen) atoms. The van der Waals surface area contributed by atoms with E-state index < -0.39 is 48.6 Å². The molecular weight excluding hydrogens is 765 g/mol. The predicted octanol–water partition coefficient (Wildman–Crippen LogP) is 7.88. The molecule has 0 aromatic heterocycles. The molecule has 3 aromatic rings. The van der Waals surface area contributed by atoms with Gasteiger partial charge >= 0.3 is 0 Å². The molecule has 0 saturated carbocycles. The Kier molecular flexibility index (Phi) is 15.7. The van der Waals surface area contributed by atoms with E-state index in [1.54, 1.807) is 36.4 Å². The largest absolute Gasteiger partial charge is 0.491 e. The molecule has 0 aliphatic carbocycles. The lowest BCUT2D eigenvalue weighted by Gasteiger charge is -2.39. The van der Waals surface area contributed by atoms with Crippen molar-refractivity contribution in [3.8, 4) is 11.5 Å². The van der Waals surface area contributed by atoms with Crippen molar-refractivity contribution < 1.29 is 46.0 Å². The van der Waals surface area contributed by atoms with Crippen molar-refractivity contribution in [2.75, 3.05) is 51.1 Å². The van der Waals surface area contributed by atoms with Crippen LogP contribution in [0.1, 0.15) is 115 Å². The van der Waals surface area contributed by atoms with Crippen molar-refractivity contribution >= 4 is 19.7 Å². The summed E-state index contributed by atoms with van der Waals surface area (Å²) in [6.45, 7) is 11.7. The molecule has 0 spiro atoms. The topological polar surface area (TPSA) is 146 Å². The summed E-state index contributed by atoms with van der Waals surface area (Å²) < 4.78 is 78.3. The number of fused-ring (bicyclic) bond motifs is 2. The SMILES string of the molecule is CCCC[C@@]1(CC)CS(=O)(=O)c2ccc(OCCOCCOCCOc3ccc4c(c3)[C@H](C)[C@H](O)[C@](CC)(CCCC)CS4(=O)=O)cc2[C@@H](c2ccccc2)[C@H]1O. The van der Waals surface area contributed by atoms with Crippen LogP contribution in [-0.4, -0.2) is 90.4 Å². The van der Waals surface area contributed by atoms with Crippen LogP contribution in [0.4, 0.5) is 0 Å². The van der Waals surface area contributed by atoms with E-state index in [0.29, 0.717) is 68.1 Å². The van der Waals surface area contributed by atoms with E-state index in [1.807, 2.05) is 51.1 Å². The fraction of sp³-hybridized carbons (Fsp3) is 0.600. The van der Waals surface area contributed by atoms with Crippen LogP contribution in [0.25, 0.3) is 0 Å². The number of hydrogen-bond donors (Lipinski definition) is 2. The van der Waals surface area contributed by atoms with Gasteiger partial charge in [-0.05, 0) is 78.8 Å². The Morgan fingerprint density at radius 2 is 1.07 bits per heavy atom. The van der Waals surface area contributed by atoms with E-state index in [0.717, 1.165) is 31.2 Å². The molecule has 0 saturated heterocycles. The zero-order valence-electron chi connectivity index (χ0n) is 34.5. The predicted molar refractivity (Wildman–Crippen MR) is 223 cm³/mol. The molecular formula is C45H64O10S2. The molecule has 0 fully saturated rings. The molecule has 6 atom stereocenters. The normalized spacial score (nSPS) is 26.4. The van der Waals surface area contributed by atoms with Crippen LogP contribution in [0.3, 0.4) is 0 Å². The molecule has 2 heterocycles. The van der Waals surface area contributed by atoms with Crippen molar-refractivity contribution in [2.24, 2.45) is 10.8 Å². The van der Waals surface area contributed by atoms with Gasteiger partial charge in [0.15, 0.2) is 19.7 Å². The summed E-state index contributed by atoms with van der Waals surface area (Å²) in [4.78, 5) is 0.521. The summed E-state index contributed by atoms with van der Waals surface area (Å²) in [6.07, 6.45) is 4.30. The first-order chi connectivity index (χ1) is 27.3. The monoisotopic (exact) mass is 828 g/mol. The zero-order chi connectivity index (χ0) is 41.3. The summed E-state index contributed by atoms with van der Waals surface area (Å²) in [7, 11) is -7.29. The molecule has 316 valence electrons. The van der Waals surface area contributed by atoms with Crippen molar-refractivity contribution in [2.45, 2.75) is 120 Å². The van der Waals surface area contributed by atoms with Gasteiger partial charge < -0.3 is 29.2 Å². The van der Waals surface area contributed by atoms with Crippen LogP contribution in [0, 0.1) is 10.8 Å². The molecule has 2 aliphatic heterocycles. The van der Waals surface area contributed by atoms with Crippen LogP contribution in [-0.2, 0) is 29.1 Å². The van der Waals surface area contributed by atoms with Gasteiger partial charge in [-0.2, -0.15) is 0 Å².